The summed E-state index contributed by atoms with van der Waals surface area (Å²) in [6.45, 7) is 0. The first kappa shape index (κ1) is 22.1. The predicted octanol–water partition coefficient (Wildman–Crippen LogP) is 4.03. The number of imidazole rings is 1. The molecule has 0 bridgehead atoms. The molecule has 33 heavy (non-hydrogen) atoms. The second-order valence-corrected chi connectivity index (χ2v) is 7.79. The summed E-state index contributed by atoms with van der Waals surface area (Å²) in [5.41, 5.74) is 5.43. The number of carbonyl (C=O) groups is 2. The van der Waals surface area contributed by atoms with Gasteiger partial charge in [-0.25, -0.2) is 15.2 Å². The van der Waals surface area contributed by atoms with Crippen LogP contribution in [0.25, 0.3) is 11.0 Å². The Kier molecular flexibility index (Phi) is 7.01. The minimum atomic E-state index is -0.465. The van der Waals surface area contributed by atoms with E-state index in [9.17, 15) is 9.59 Å². The van der Waals surface area contributed by atoms with Crippen LogP contribution in [-0.4, -0.2) is 40.9 Å². The van der Waals surface area contributed by atoms with Crippen LogP contribution in [0.1, 0.15) is 15.9 Å². The van der Waals surface area contributed by atoms with Crippen molar-refractivity contribution in [3.63, 3.8) is 0 Å². The highest BCUT2D eigenvalue weighted by molar-refractivity contribution is 7.99. The van der Waals surface area contributed by atoms with Gasteiger partial charge < -0.3 is 14.5 Å². The van der Waals surface area contributed by atoms with Crippen molar-refractivity contribution < 1.29 is 19.1 Å². The van der Waals surface area contributed by atoms with Crippen molar-refractivity contribution >= 4 is 40.9 Å². The van der Waals surface area contributed by atoms with Crippen molar-refractivity contribution in [2.45, 2.75) is 5.16 Å². The van der Waals surface area contributed by atoms with E-state index in [1.807, 2.05) is 24.3 Å². The Hall–Kier alpha value is -4.11. The summed E-state index contributed by atoms with van der Waals surface area (Å²) >= 11 is 1.30. The van der Waals surface area contributed by atoms with Gasteiger partial charge in [0.2, 0.25) is 0 Å². The molecule has 1 aromatic heterocycles. The van der Waals surface area contributed by atoms with Crippen LogP contribution in [0.2, 0.25) is 0 Å². The monoisotopic (exact) mass is 460 g/mol. The van der Waals surface area contributed by atoms with E-state index in [1.54, 1.807) is 55.6 Å². The van der Waals surface area contributed by atoms with Gasteiger partial charge in [0.05, 0.1) is 35.7 Å². The third-order valence-corrected chi connectivity index (χ3v) is 5.40. The molecular weight excluding hydrogens is 440 g/mol. The number of nitrogens with zero attached hydrogens (tertiary/aromatic N) is 2. The fraction of sp³-hybridized carbons (Fsp3) is 0.0833. The summed E-state index contributed by atoms with van der Waals surface area (Å²) in [5, 5.41) is 4.64. The van der Waals surface area contributed by atoms with E-state index in [4.69, 9.17) is 9.47 Å². The van der Waals surface area contributed by atoms with Crippen molar-refractivity contribution in [1.82, 2.24) is 15.4 Å². The molecule has 4 aromatic rings. The summed E-state index contributed by atoms with van der Waals surface area (Å²) in [6.07, 6.45) is 1.51. The fourth-order valence-electron chi connectivity index (χ4n) is 2.86. The summed E-state index contributed by atoms with van der Waals surface area (Å²) in [6, 6.07) is 21.1. The molecule has 1 heterocycles. The number of nitrogens with one attached hydrogen (secondary N) is 2. The number of para-hydroxylation sites is 2. The lowest BCUT2D eigenvalue weighted by Crippen LogP contribution is -2.19. The maximum Gasteiger partial charge on any atom is 0.343 e. The van der Waals surface area contributed by atoms with E-state index in [0.717, 1.165) is 16.6 Å². The molecule has 4 rings (SSSR count). The van der Waals surface area contributed by atoms with Crippen molar-refractivity contribution in [2.75, 3.05) is 12.9 Å². The SMILES string of the molecule is COc1ccc(C(=O)Oc2ccc(/C=N\NC(=O)CSc3nc4ccccc4[nH]3)cc2)cc1. The fourth-order valence-corrected chi connectivity index (χ4v) is 3.54. The van der Waals surface area contributed by atoms with Crippen LogP contribution in [0.3, 0.4) is 0 Å². The average Bonchev–Trinajstić information content (AvgIpc) is 3.27. The molecule has 9 heteroatoms. The zero-order valence-electron chi connectivity index (χ0n) is 17.6. The Balaban J connectivity index is 1.24. The third-order valence-electron chi connectivity index (χ3n) is 4.53. The number of rotatable bonds is 8. The number of hydrogen-bond donors (Lipinski definition) is 2. The number of aromatic amines is 1. The quantitative estimate of drug-likeness (QED) is 0.135. The number of hydrogen-bond acceptors (Lipinski definition) is 7. The van der Waals surface area contributed by atoms with E-state index >= 15 is 0 Å². The maximum absolute atomic E-state index is 12.2. The highest BCUT2D eigenvalue weighted by Gasteiger charge is 2.09. The molecule has 1 amide bonds. The van der Waals surface area contributed by atoms with Crippen LogP contribution in [-0.2, 0) is 4.79 Å². The highest BCUT2D eigenvalue weighted by Crippen LogP contribution is 2.19. The van der Waals surface area contributed by atoms with Gasteiger partial charge in [-0.2, -0.15) is 5.10 Å². The topological polar surface area (TPSA) is 106 Å². The van der Waals surface area contributed by atoms with Crippen molar-refractivity contribution in [3.8, 4) is 11.5 Å². The van der Waals surface area contributed by atoms with Crippen LogP contribution in [0, 0.1) is 0 Å². The molecule has 2 N–H and O–H groups in total. The number of carbonyl (C=O) groups excluding carboxylic acids is 2. The zero-order valence-corrected chi connectivity index (χ0v) is 18.5. The number of hydrazone groups is 1. The van der Waals surface area contributed by atoms with E-state index in [0.29, 0.717) is 22.2 Å². The highest BCUT2D eigenvalue weighted by atomic mass is 32.2. The number of thioether (sulfide) groups is 1. The molecule has 0 radical (unpaired) electrons. The van der Waals surface area contributed by atoms with Gasteiger partial charge >= 0.3 is 5.97 Å². The lowest BCUT2D eigenvalue weighted by molar-refractivity contribution is -0.118. The number of aromatic nitrogens is 2. The Morgan fingerprint density at radius 1 is 1.03 bits per heavy atom. The standard InChI is InChI=1S/C24H20N4O4S/c1-31-18-12-8-17(9-13-18)23(30)32-19-10-6-16(7-11-19)14-25-28-22(29)15-33-24-26-20-4-2-3-5-21(20)27-24/h2-14H,15H2,1H3,(H,26,27)(H,28,29)/b25-14-. The van der Waals surface area contributed by atoms with Crippen molar-refractivity contribution in [2.24, 2.45) is 5.10 Å². The molecule has 0 saturated heterocycles. The first-order valence-electron chi connectivity index (χ1n) is 9.96. The first-order chi connectivity index (χ1) is 16.1. The van der Waals surface area contributed by atoms with Gasteiger partial charge in [0.25, 0.3) is 5.91 Å². The second kappa shape index (κ2) is 10.5. The maximum atomic E-state index is 12.2. The molecule has 0 saturated carbocycles. The molecule has 8 nitrogen and oxygen atoms in total. The Labute approximate surface area is 194 Å². The number of benzene rings is 3. The van der Waals surface area contributed by atoms with Crippen LogP contribution in [0.15, 0.2) is 83.1 Å². The third kappa shape index (κ3) is 5.98. The van der Waals surface area contributed by atoms with Crippen molar-refractivity contribution in [3.05, 3.63) is 83.9 Å². The minimum absolute atomic E-state index is 0.178. The van der Waals surface area contributed by atoms with Gasteiger partial charge in [-0.3, -0.25) is 4.79 Å². The molecular formula is C24H20N4O4S. The normalized spacial score (nSPS) is 10.9. The van der Waals surface area contributed by atoms with E-state index < -0.39 is 5.97 Å². The molecule has 0 spiro atoms. The molecule has 0 fully saturated rings. The summed E-state index contributed by atoms with van der Waals surface area (Å²) < 4.78 is 10.4. The average molecular weight is 461 g/mol. The molecule has 0 atom stereocenters. The number of ether oxygens (including phenoxy) is 2. The van der Waals surface area contributed by atoms with Gasteiger partial charge in [0.15, 0.2) is 5.16 Å². The number of fused-ring (bicyclic) bond motifs is 1. The van der Waals surface area contributed by atoms with Crippen LogP contribution < -0.4 is 14.9 Å². The van der Waals surface area contributed by atoms with Crippen LogP contribution >= 0.6 is 11.8 Å². The summed E-state index contributed by atoms with van der Waals surface area (Å²) in [7, 11) is 1.56. The predicted molar refractivity (Wildman–Crippen MR) is 127 cm³/mol. The lowest BCUT2D eigenvalue weighted by Gasteiger charge is -2.05. The Morgan fingerprint density at radius 2 is 1.76 bits per heavy atom. The number of methoxy groups -OCH3 is 1. The van der Waals surface area contributed by atoms with Gasteiger partial charge in [-0.05, 0) is 66.2 Å². The summed E-state index contributed by atoms with van der Waals surface area (Å²) in [5.74, 6) is 0.530. The smallest absolute Gasteiger partial charge is 0.343 e. The van der Waals surface area contributed by atoms with Crippen LogP contribution in [0.5, 0.6) is 11.5 Å². The van der Waals surface area contributed by atoms with E-state index in [-0.39, 0.29) is 11.7 Å². The van der Waals surface area contributed by atoms with Gasteiger partial charge in [-0.1, -0.05) is 23.9 Å². The van der Waals surface area contributed by atoms with Gasteiger partial charge in [-0.15, -0.1) is 0 Å². The van der Waals surface area contributed by atoms with Crippen molar-refractivity contribution in [1.29, 1.82) is 0 Å². The Bertz CT molecular complexity index is 1250. The van der Waals surface area contributed by atoms with E-state index in [1.165, 1.54) is 18.0 Å². The number of H-pyrrole nitrogens is 1. The molecule has 0 aliphatic carbocycles. The van der Waals surface area contributed by atoms with E-state index in [2.05, 4.69) is 20.5 Å². The number of esters is 1. The molecule has 166 valence electrons. The van der Waals surface area contributed by atoms with Crippen LogP contribution in [0.4, 0.5) is 0 Å². The molecule has 0 aliphatic rings. The number of amides is 1. The zero-order chi connectivity index (χ0) is 23.0. The van der Waals surface area contributed by atoms with Gasteiger partial charge in [0, 0.05) is 0 Å². The first-order valence-corrected chi connectivity index (χ1v) is 10.9. The second-order valence-electron chi connectivity index (χ2n) is 6.83. The minimum Gasteiger partial charge on any atom is -0.497 e. The molecule has 3 aromatic carbocycles. The molecule has 0 unspecified atom stereocenters. The molecule has 0 aliphatic heterocycles. The summed E-state index contributed by atoms with van der Waals surface area (Å²) in [4.78, 5) is 31.8. The Morgan fingerprint density at radius 3 is 2.48 bits per heavy atom. The van der Waals surface area contributed by atoms with Gasteiger partial charge in [0.1, 0.15) is 11.5 Å². The lowest BCUT2D eigenvalue weighted by atomic mass is 10.2. The largest absolute Gasteiger partial charge is 0.497 e.